The van der Waals surface area contributed by atoms with Crippen molar-refractivity contribution in [3.05, 3.63) is 77.1 Å². The van der Waals surface area contributed by atoms with Crippen LogP contribution in [0.1, 0.15) is 34.8 Å². The summed E-state index contributed by atoms with van der Waals surface area (Å²) in [5.41, 5.74) is 1.88. The predicted octanol–water partition coefficient (Wildman–Crippen LogP) is 4.39. The maximum atomic E-state index is 15.2. The Hall–Kier alpha value is -4.12. The maximum absolute atomic E-state index is 15.2. The molecule has 0 bridgehead atoms. The molecule has 1 aliphatic heterocycles. The fraction of sp³-hybridized carbons (Fsp3) is 0.160. The summed E-state index contributed by atoms with van der Waals surface area (Å²) >= 11 is 0. The van der Waals surface area contributed by atoms with Gasteiger partial charge in [-0.25, -0.2) is 22.2 Å². The third-order valence-corrected chi connectivity index (χ3v) is 7.37. The molecule has 36 heavy (non-hydrogen) atoms. The van der Waals surface area contributed by atoms with Crippen molar-refractivity contribution in [1.82, 2.24) is 9.97 Å². The van der Waals surface area contributed by atoms with Gasteiger partial charge in [0.15, 0.2) is 5.82 Å². The van der Waals surface area contributed by atoms with Crippen LogP contribution in [-0.4, -0.2) is 35.8 Å². The summed E-state index contributed by atoms with van der Waals surface area (Å²) in [6, 6.07) is 8.87. The van der Waals surface area contributed by atoms with Crippen molar-refractivity contribution < 1.29 is 26.8 Å². The van der Waals surface area contributed by atoms with Gasteiger partial charge in [0.05, 0.1) is 23.4 Å². The Labute approximate surface area is 204 Å². The number of sulfonamides is 1. The van der Waals surface area contributed by atoms with Crippen LogP contribution >= 0.6 is 0 Å². The number of rotatable bonds is 7. The standard InChI is InChI=1S/C25H20F2N4O4S/c1-2-7-36(34,35)31-20-6-4-18(26)22(23(20)27)24(33)17-12-29-25-16(17)9-15(11-28-25)13-3-5-19-14(8-13)10-21(32)30-19/h3-6,8-9,11-12,31H,2,7,10H2,1H3,(H,28,29)(H,30,32). The maximum Gasteiger partial charge on any atom is 0.232 e. The van der Waals surface area contributed by atoms with E-state index in [1.807, 2.05) is 6.07 Å². The van der Waals surface area contributed by atoms with Crippen LogP contribution in [0.4, 0.5) is 20.2 Å². The highest BCUT2D eigenvalue weighted by atomic mass is 32.2. The molecule has 2 aromatic heterocycles. The summed E-state index contributed by atoms with van der Waals surface area (Å²) in [7, 11) is -3.86. The summed E-state index contributed by atoms with van der Waals surface area (Å²) < 4.78 is 56.1. The zero-order chi connectivity index (χ0) is 25.6. The van der Waals surface area contributed by atoms with Crippen LogP contribution in [0.25, 0.3) is 22.2 Å². The number of benzene rings is 2. The zero-order valence-corrected chi connectivity index (χ0v) is 19.8. The number of pyridine rings is 1. The van der Waals surface area contributed by atoms with E-state index in [2.05, 4.69) is 20.0 Å². The van der Waals surface area contributed by atoms with E-state index in [9.17, 15) is 22.4 Å². The summed E-state index contributed by atoms with van der Waals surface area (Å²) in [6.07, 6.45) is 3.44. The van der Waals surface area contributed by atoms with E-state index in [1.54, 1.807) is 31.3 Å². The molecule has 8 nitrogen and oxygen atoms in total. The Morgan fingerprint density at radius 1 is 1.14 bits per heavy atom. The Bertz CT molecular complexity index is 1660. The molecule has 3 N–H and O–H groups in total. The molecular formula is C25H20F2N4O4S. The molecule has 0 saturated heterocycles. The largest absolute Gasteiger partial charge is 0.345 e. The molecule has 2 aromatic carbocycles. The summed E-state index contributed by atoms with van der Waals surface area (Å²) in [6.45, 7) is 1.65. The molecule has 0 saturated carbocycles. The number of ketones is 1. The van der Waals surface area contributed by atoms with E-state index in [0.29, 0.717) is 23.0 Å². The molecule has 4 aromatic rings. The molecule has 3 heterocycles. The number of carbonyl (C=O) groups is 2. The van der Waals surface area contributed by atoms with Gasteiger partial charge >= 0.3 is 0 Å². The van der Waals surface area contributed by atoms with Crippen molar-refractivity contribution in [1.29, 1.82) is 0 Å². The molecule has 0 spiro atoms. The molecule has 184 valence electrons. The van der Waals surface area contributed by atoms with Gasteiger partial charge in [-0.2, -0.15) is 0 Å². The molecule has 11 heteroatoms. The van der Waals surface area contributed by atoms with Gasteiger partial charge in [0.25, 0.3) is 0 Å². The van der Waals surface area contributed by atoms with E-state index >= 15 is 4.39 Å². The topological polar surface area (TPSA) is 121 Å². The van der Waals surface area contributed by atoms with Crippen molar-refractivity contribution in [3.8, 4) is 11.1 Å². The van der Waals surface area contributed by atoms with Crippen LogP contribution in [0.3, 0.4) is 0 Å². The summed E-state index contributed by atoms with van der Waals surface area (Å²) in [4.78, 5) is 32.1. The first-order valence-corrected chi connectivity index (χ1v) is 12.8. The number of carbonyl (C=O) groups excluding carboxylic acids is 2. The number of anilines is 2. The minimum Gasteiger partial charge on any atom is -0.345 e. The van der Waals surface area contributed by atoms with Crippen LogP contribution < -0.4 is 10.0 Å². The number of fused-ring (bicyclic) bond motifs is 2. The molecule has 1 amide bonds. The highest BCUT2D eigenvalue weighted by Crippen LogP contribution is 2.32. The SMILES string of the molecule is CCCS(=O)(=O)Nc1ccc(F)c(C(=O)c2c[nH]c3ncc(-c4ccc5c(c4)CC(=O)N5)cc23)c1F. The van der Waals surface area contributed by atoms with Gasteiger partial charge in [-0.15, -0.1) is 0 Å². The summed E-state index contributed by atoms with van der Waals surface area (Å²) in [5.74, 6) is -3.73. The quantitative estimate of drug-likeness (QED) is 0.319. The van der Waals surface area contributed by atoms with Gasteiger partial charge in [0, 0.05) is 34.6 Å². The van der Waals surface area contributed by atoms with Crippen LogP contribution in [-0.2, 0) is 21.2 Å². The fourth-order valence-corrected chi connectivity index (χ4v) is 5.35. The first-order chi connectivity index (χ1) is 17.2. The smallest absolute Gasteiger partial charge is 0.232 e. The summed E-state index contributed by atoms with van der Waals surface area (Å²) in [5, 5.41) is 3.10. The minimum absolute atomic E-state index is 0.0243. The number of nitrogens with one attached hydrogen (secondary N) is 3. The van der Waals surface area contributed by atoms with Gasteiger partial charge in [0.1, 0.15) is 11.5 Å². The molecule has 1 aliphatic rings. The van der Waals surface area contributed by atoms with Gasteiger partial charge < -0.3 is 10.3 Å². The number of amides is 1. The van der Waals surface area contributed by atoms with E-state index in [4.69, 9.17) is 0 Å². The Morgan fingerprint density at radius 2 is 1.94 bits per heavy atom. The second-order valence-corrected chi connectivity index (χ2v) is 10.3. The highest BCUT2D eigenvalue weighted by Gasteiger charge is 2.26. The average molecular weight is 511 g/mol. The molecule has 0 fully saturated rings. The third-order valence-electron chi connectivity index (χ3n) is 5.90. The Kier molecular flexibility index (Phi) is 5.79. The fourth-order valence-electron chi connectivity index (χ4n) is 4.22. The van der Waals surface area contributed by atoms with E-state index < -0.39 is 38.7 Å². The Morgan fingerprint density at radius 3 is 2.72 bits per heavy atom. The van der Waals surface area contributed by atoms with Crippen molar-refractivity contribution in [3.63, 3.8) is 0 Å². The molecule has 0 unspecified atom stereocenters. The molecular weight excluding hydrogens is 490 g/mol. The van der Waals surface area contributed by atoms with Gasteiger partial charge in [-0.1, -0.05) is 13.0 Å². The van der Waals surface area contributed by atoms with Crippen molar-refractivity contribution in [2.45, 2.75) is 19.8 Å². The van der Waals surface area contributed by atoms with E-state index in [0.717, 1.165) is 28.9 Å². The van der Waals surface area contributed by atoms with E-state index in [-0.39, 0.29) is 23.6 Å². The first kappa shape index (κ1) is 23.6. The van der Waals surface area contributed by atoms with Crippen molar-refractivity contribution >= 4 is 44.1 Å². The minimum atomic E-state index is -3.86. The van der Waals surface area contributed by atoms with E-state index in [1.165, 1.54) is 6.20 Å². The molecule has 5 rings (SSSR count). The highest BCUT2D eigenvalue weighted by molar-refractivity contribution is 7.92. The van der Waals surface area contributed by atoms with Gasteiger partial charge in [-0.3, -0.25) is 14.3 Å². The van der Waals surface area contributed by atoms with Crippen molar-refractivity contribution in [2.24, 2.45) is 0 Å². The number of aromatic nitrogens is 2. The Balaban J connectivity index is 1.55. The molecule has 0 atom stereocenters. The third kappa shape index (κ3) is 4.22. The predicted molar refractivity (Wildman–Crippen MR) is 131 cm³/mol. The number of nitrogens with zero attached hydrogens (tertiary/aromatic N) is 1. The lowest BCUT2D eigenvalue weighted by molar-refractivity contribution is -0.115. The lowest BCUT2D eigenvalue weighted by atomic mass is 9.99. The monoisotopic (exact) mass is 510 g/mol. The first-order valence-electron chi connectivity index (χ1n) is 11.1. The van der Waals surface area contributed by atoms with Crippen LogP contribution in [0.5, 0.6) is 0 Å². The molecule has 0 radical (unpaired) electrons. The van der Waals surface area contributed by atoms with Gasteiger partial charge in [-0.05, 0) is 47.9 Å². The normalized spacial score (nSPS) is 13.0. The number of hydrogen-bond acceptors (Lipinski definition) is 5. The second-order valence-electron chi connectivity index (χ2n) is 8.45. The number of aromatic amines is 1. The van der Waals surface area contributed by atoms with Crippen LogP contribution in [0, 0.1) is 11.6 Å². The average Bonchev–Trinajstić information content (AvgIpc) is 3.42. The number of halogens is 2. The second kappa shape index (κ2) is 8.83. The van der Waals surface area contributed by atoms with Gasteiger partial charge in [0.2, 0.25) is 21.7 Å². The zero-order valence-electron chi connectivity index (χ0n) is 19.0. The number of H-pyrrole nitrogens is 1. The number of hydrogen-bond donors (Lipinski definition) is 3. The lowest BCUT2D eigenvalue weighted by Crippen LogP contribution is -2.18. The molecule has 0 aliphatic carbocycles. The van der Waals surface area contributed by atoms with Crippen LogP contribution in [0.15, 0.2) is 48.8 Å². The van der Waals surface area contributed by atoms with Crippen molar-refractivity contribution in [2.75, 3.05) is 15.8 Å². The van der Waals surface area contributed by atoms with Crippen LogP contribution in [0.2, 0.25) is 0 Å². The lowest BCUT2D eigenvalue weighted by Gasteiger charge is -2.11.